The zero-order chi connectivity index (χ0) is 20.6. The molecule has 29 heavy (non-hydrogen) atoms. The van der Waals surface area contributed by atoms with Crippen molar-refractivity contribution in [3.05, 3.63) is 40.9 Å². The predicted molar refractivity (Wildman–Crippen MR) is 120 cm³/mol. The summed E-state index contributed by atoms with van der Waals surface area (Å²) in [6.07, 6.45) is 1.31. The molecule has 2 heterocycles. The van der Waals surface area contributed by atoms with Crippen molar-refractivity contribution in [2.75, 3.05) is 60.4 Å². The van der Waals surface area contributed by atoms with Crippen LogP contribution in [0.2, 0.25) is 0 Å². The van der Waals surface area contributed by atoms with Gasteiger partial charge in [0.15, 0.2) is 0 Å². The van der Waals surface area contributed by atoms with Gasteiger partial charge in [-0.25, -0.2) is 4.98 Å². The number of nitrogens with one attached hydrogen (secondary N) is 1. The molecule has 6 nitrogen and oxygen atoms in total. The van der Waals surface area contributed by atoms with Crippen molar-refractivity contribution >= 4 is 17.2 Å². The third kappa shape index (κ3) is 7.19. The molecule has 1 saturated heterocycles. The Morgan fingerprint density at radius 2 is 1.90 bits per heavy atom. The van der Waals surface area contributed by atoms with E-state index in [0.717, 1.165) is 62.0 Å². The van der Waals surface area contributed by atoms with Crippen LogP contribution in [0.25, 0.3) is 10.6 Å². The van der Waals surface area contributed by atoms with Crippen LogP contribution in [0.15, 0.2) is 29.6 Å². The molecule has 0 saturated carbocycles. The van der Waals surface area contributed by atoms with E-state index in [0.29, 0.717) is 13.0 Å². The lowest BCUT2D eigenvalue weighted by Gasteiger charge is -2.32. The Bertz CT molecular complexity index is 766. The summed E-state index contributed by atoms with van der Waals surface area (Å²) in [4.78, 5) is 23.8. The SMILES string of the molecule is CN(C)CCCNC(=O)Cc1csc(-c2ccc(CN3CCN(C)CC3)cc2)n1. The first-order valence-corrected chi connectivity index (χ1v) is 11.2. The number of carbonyl (C=O) groups is 1. The van der Waals surface area contributed by atoms with E-state index in [2.05, 4.69) is 56.3 Å². The summed E-state index contributed by atoms with van der Waals surface area (Å²) in [7, 11) is 6.26. The molecule has 7 heteroatoms. The Kier molecular flexibility index (Phi) is 8.18. The molecule has 2 aromatic rings. The van der Waals surface area contributed by atoms with E-state index in [1.54, 1.807) is 11.3 Å². The van der Waals surface area contributed by atoms with Gasteiger partial charge in [-0.1, -0.05) is 24.3 Å². The number of hydrogen-bond acceptors (Lipinski definition) is 6. The number of carbonyl (C=O) groups excluding carboxylic acids is 1. The van der Waals surface area contributed by atoms with Crippen LogP contribution in [-0.2, 0) is 17.8 Å². The second-order valence-electron chi connectivity index (χ2n) is 8.10. The second kappa shape index (κ2) is 10.8. The van der Waals surface area contributed by atoms with Crippen molar-refractivity contribution < 1.29 is 4.79 Å². The molecular weight excluding hydrogens is 382 g/mol. The minimum absolute atomic E-state index is 0.0446. The Balaban J connectivity index is 1.47. The summed E-state index contributed by atoms with van der Waals surface area (Å²) < 4.78 is 0. The maximum absolute atomic E-state index is 12.1. The molecule has 0 aliphatic carbocycles. The molecule has 1 amide bonds. The van der Waals surface area contributed by atoms with Crippen LogP contribution < -0.4 is 5.32 Å². The minimum atomic E-state index is 0.0446. The van der Waals surface area contributed by atoms with E-state index in [9.17, 15) is 4.79 Å². The molecule has 158 valence electrons. The van der Waals surface area contributed by atoms with Gasteiger partial charge in [-0.3, -0.25) is 9.69 Å². The molecule has 0 spiro atoms. The molecule has 0 unspecified atom stereocenters. The van der Waals surface area contributed by atoms with Gasteiger partial charge in [-0.05, 0) is 39.7 Å². The predicted octanol–water partition coefficient (Wildman–Crippen LogP) is 2.17. The second-order valence-corrected chi connectivity index (χ2v) is 8.96. The number of thiazole rings is 1. The summed E-state index contributed by atoms with van der Waals surface area (Å²) in [5.74, 6) is 0.0446. The van der Waals surface area contributed by atoms with Gasteiger partial charge in [0.05, 0.1) is 12.1 Å². The van der Waals surface area contributed by atoms with Crippen LogP contribution in [0.4, 0.5) is 0 Å². The fourth-order valence-electron chi connectivity index (χ4n) is 3.39. The lowest BCUT2D eigenvalue weighted by atomic mass is 10.1. The van der Waals surface area contributed by atoms with E-state index in [4.69, 9.17) is 0 Å². The van der Waals surface area contributed by atoms with E-state index in [1.807, 2.05) is 19.5 Å². The highest BCUT2D eigenvalue weighted by Crippen LogP contribution is 2.24. The fourth-order valence-corrected chi connectivity index (χ4v) is 4.21. The van der Waals surface area contributed by atoms with Crippen molar-refractivity contribution in [1.82, 2.24) is 25.0 Å². The standard InChI is InChI=1S/C22H33N5OS/c1-25(2)10-4-9-23-21(28)15-20-17-29-22(24-20)19-7-5-18(6-8-19)16-27-13-11-26(3)12-14-27/h5-8,17H,4,9-16H2,1-3H3,(H,23,28). The average molecular weight is 416 g/mol. The highest BCUT2D eigenvalue weighted by atomic mass is 32.1. The first-order valence-electron chi connectivity index (χ1n) is 10.4. The summed E-state index contributed by atoms with van der Waals surface area (Å²) in [5, 5.41) is 5.95. The summed E-state index contributed by atoms with van der Waals surface area (Å²) in [6.45, 7) is 7.24. The van der Waals surface area contributed by atoms with Crippen LogP contribution in [0.5, 0.6) is 0 Å². The van der Waals surface area contributed by atoms with Gasteiger partial charge in [0.2, 0.25) is 5.91 Å². The fraction of sp³-hybridized carbons (Fsp3) is 0.545. The van der Waals surface area contributed by atoms with E-state index >= 15 is 0 Å². The highest BCUT2D eigenvalue weighted by Gasteiger charge is 2.14. The van der Waals surface area contributed by atoms with Crippen LogP contribution in [0.1, 0.15) is 17.7 Å². The number of rotatable bonds is 9. The van der Waals surface area contributed by atoms with Crippen molar-refractivity contribution in [3.63, 3.8) is 0 Å². The van der Waals surface area contributed by atoms with E-state index in [-0.39, 0.29) is 5.91 Å². The number of nitrogens with zero attached hydrogens (tertiary/aromatic N) is 4. The molecule has 0 bridgehead atoms. The third-order valence-electron chi connectivity index (χ3n) is 5.20. The molecule has 0 radical (unpaired) electrons. The Morgan fingerprint density at radius 1 is 1.17 bits per heavy atom. The number of benzene rings is 1. The van der Waals surface area contributed by atoms with Crippen molar-refractivity contribution in [2.45, 2.75) is 19.4 Å². The van der Waals surface area contributed by atoms with Gasteiger partial charge >= 0.3 is 0 Å². The van der Waals surface area contributed by atoms with Crippen LogP contribution in [-0.4, -0.2) is 86.0 Å². The molecule has 1 aromatic heterocycles. The maximum atomic E-state index is 12.1. The van der Waals surface area contributed by atoms with Gasteiger partial charge < -0.3 is 15.1 Å². The average Bonchev–Trinajstić information content (AvgIpc) is 3.16. The number of likely N-dealkylation sites (N-methyl/N-ethyl adjacent to an activating group) is 1. The van der Waals surface area contributed by atoms with E-state index in [1.165, 1.54) is 5.56 Å². The first-order chi connectivity index (χ1) is 14.0. The first kappa shape index (κ1) is 21.9. The van der Waals surface area contributed by atoms with Crippen LogP contribution in [0.3, 0.4) is 0 Å². The molecule has 1 aliphatic rings. The number of amides is 1. The van der Waals surface area contributed by atoms with E-state index < -0.39 is 0 Å². The molecule has 0 atom stereocenters. The highest BCUT2D eigenvalue weighted by molar-refractivity contribution is 7.13. The number of piperazine rings is 1. The van der Waals surface area contributed by atoms with Crippen molar-refractivity contribution in [2.24, 2.45) is 0 Å². The van der Waals surface area contributed by atoms with Gasteiger partial charge in [0, 0.05) is 50.2 Å². The van der Waals surface area contributed by atoms with Crippen LogP contribution in [0, 0.1) is 0 Å². The monoisotopic (exact) mass is 415 g/mol. The van der Waals surface area contributed by atoms with Gasteiger partial charge in [-0.2, -0.15) is 0 Å². The normalized spacial score (nSPS) is 15.7. The molecule has 3 rings (SSSR count). The Morgan fingerprint density at radius 3 is 2.59 bits per heavy atom. The lowest BCUT2D eigenvalue weighted by molar-refractivity contribution is -0.120. The van der Waals surface area contributed by atoms with Crippen molar-refractivity contribution in [1.29, 1.82) is 0 Å². The topological polar surface area (TPSA) is 51.7 Å². The zero-order valence-corrected chi connectivity index (χ0v) is 18.7. The Hall–Kier alpha value is -1.80. The molecule has 1 fully saturated rings. The Labute approximate surface area is 178 Å². The van der Waals surface area contributed by atoms with Gasteiger partial charge in [0.25, 0.3) is 0 Å². The summed E-state index contributed by atoms with van der Waals surface area (Å²) >= 11 is 1.60. The van der Waals surface area contributed by atoms with Crippen molar-refractivity contribution in [3.8, 4) is 10.6 Å². The smallest absolute Gasteiger partial charge is 0.226 e. The van der Waals surface area contributed by atoms with Gasteiger partial charge in [0.1, 0.15) is 5.01 Å². The van der Waals surface area contributed by atoms with Crippen LogP contribution >= 0.6 is 11.3 Å². The minimum Gasteiger partial charge on any atom is -0.356 e. The number of aromatic nitrogens is 1. The zero-order valence-electron chi connectivity index (χ0n) is 17.9. The largest absolute Gasteiger partial charge is 0.356 e. The molecule has 1 aromatic carbocycles. The number of hydrogen-bond donors (Lipinski definition) is 1. The van der Waals surface area contributed by atoms with Gasteiger partial charge in [-0.15, -0.1) is 11.3 Å². The summed E-state index contributed by atoms with van der Waals surface area (Å²) in [5.41, 5.74) is 3.30. The molecular formula is C22H33N5OS. The third-order valence-corrected chi connectivity index (χ3v) is 6.14. The quantitative estimate of drug-likeness (QED) is 0.636. The molecule has 1 N–H and O–H groups in total. The maximum Gasteiger partial charge on any atom is 0.226 e. The summed E-state index contributed by atoms with van der Waals surface area (Å²) in [6, 6.07) is 8.70. The molecule has 1 aliphatic heterocycles. The lowest BCUT2D eigenvalue weighted by Crippen LogP contribution is -2.43.